The molecule has 6 nitrogen and oxygen atoms in total. The van der Waals surface area contributed by atoms with E-state index >= 15 is 0 Å². The van der Waals surface area contributed by atoms with E-state index in [4.69, 9.17) is 5.73 Å². The quantitative estimate of drug-likeness (QED) is 0.754. The lowest BCUT2D eigenvalue weighted by atomic mass is 10.1. The highest BCUT2D eigenvalue weighted by molar-refractivity contribution is 5.97. The zero-order valence-electron chi connectivity index (χ0n) is 14.9. The second-order valence-corrected chi connectivity index (χ2v) is 6.88. The summed E-state index contributed by atoms with van der Waals surface area (Å²) >= 11 is 0. The van der Waals surface area contributed by atoms with Crippen LogP contribution >= 0.6 is 0 Å². The molecule has 1 aliphatic rings. The minimum atomic E-state index is -2.69. The van der Waals surface area contributed by atoms with Crippen molar-refractivity contribution < 1.29 is 18.4 Å². The second-order valence-electron chi connectivity index (χ2n) is 6.88. The number of primary amides is 1. The van der Waals surface area contributed by atoms with Gasteiger partial charge in [-0.1, -0.05) is 0 Å². The summed E-state index contributed by atoms with van der Waals surface area (Å²) in [7, 11) is 0. The maximum atomic E-state index is 13.3. The van der Waals surface area contributed by atoms with Gasteiger partial charge in [-0.15, -0.1) is 0 Å². The number of rotatable bonds is 3. The van der Waals surface area contributed by atoms with Gasteiger partial charge in [0, 0.05) is 55.0 Å². The number of carbonyl (C=O) groups is 2. The number of benzene rings is 1. The molecule has 0 aliphatic carbocycles. The molecule has 1 fully saturated rings. The molecule has 2 amide bonds. The standard InChI is InChI=1S/C20H18F2N4O2/c21-20(22)6-9-25(10-7-20)19(28)15-11-14-5-8-26(18(14)24-12-15)16-3-1-13(2-4-16)17(23)27/h1-5,8,11-12H,6-7,9-10H2,(H2,23,27). The Hall–Kier alpha value is -3.29. The fourth-order valence-corrected chi connectivity index (χ4v) is 3.36. The van der Waals surface area contributed by atoms with Crippen LogP contribution in [0.3, 0.4) is 0 Å². The number of likely N-dealkylation sites (tertiary alicyclic amines) is 1. The highest BCUT2D eigenvalue weighted by Gasteiger charge is 2.35. The normalized spacial score (nSPS) is 16.3. The fourth-order valence-electron chi connectivity index (χ4n) is 3.36. The molecule has 0 spiro atoms. The van der Waals surface area contributed by atoms with Gasteiger partial charge >= 0.3 is 0 Å². The van der Waals surface area contributed by atoms with E-state index in [1.807, 2.05) is 16.8 Å². The molecular formula is C20H18F2N4O2. The number of aromatic nitrogens is 2. The zero-order chi connectivity index (χ0) is 19.9. The van der Waals surface area contributed by atoms with Crippen molar-refractivity contribution in [2.75, 3.05) is 13.1 Å². The van der Waals surface area contributed by atoms with Crippen LogP contribution in [0.2, 0.25) is 0 Å². The lowest BCUT2D eigenvalue weighted by molar-refractivity contribution is -0.0494. The molecule has 144 valence electrons. The number of piperidine rings is 1. The van der Waals surface area contributed by atoms with E-state index in [-0.39, 0.29) is 31.8 Å². The Labute approximate surface area is 159 Å². The van der Waals surface area contributed by atoms with Crippen molar-refractivity contribution in [2.45, 2.75) is 18.8 Å². The highest BCUT2D eigenvalue weighted by atomic mass is 19.3. The zero-order valence-corrected chi connectivity index (χ0v) is 14.9. The molecular weight excluding hydrogens is 366 g/mol. The summed E-state index contributed by atoms with van der Waals surface area (Å²) in [4.78, 5) is 29.7. The number of hydrogen-bond donors (Lipinski definition) is 1. The lowest BCUT2D eigenvalue weighted by Crippen LogP contribution is -2.42. The minimum Gasteiger partial charge on any atom is -0.366 e. The van der Waals surface area contributed by atoms with Crippen molar-refractivity contribution in [1.29, 1.82) is 0 Å². The molecule has 1 aromatic carbocycles. The van der Waals surface area contributed by atoms with Crippen molar-refractivity contribution in [1.82, 2.24) is 14.5 Å². The summed E-state index contributed by atoms with van der Waals surface area (Å²) in [6.07, 6.45) is 2.65. The third-order valence-electron chi connectivity index (χ3n) is 4.99. The number of pyridine rings is 1. The van der Waals surface area contributed by atoms with Crippen molar-refractivity contribution in [3.63, 3.8) is 0 Å². The van der Waals surface area contributed by atoms with Gasteiger partial charge in [-0.25, -0.2) is 13.8 Å². The minimum absolute atomic E-state index is 0.0388. The number of hydrogen-bond acceptors (Lipinski definition) is 3. The van der Waals surface area contributed by atoms with Crippen molar-refractivity contribution in [3.05, 3.63) is 59.9 Å². The molecule has 0 saturated carbocycles. The van der Waals surface area contributed by atoms with Gasteiger partial charge < -0.3 is 15.2 Å². The fraction of sp³-hybridized carbons (Fsp3) is 0.250. The first kappa shape index (κ1) is 18.1. The number of halogens is 2. The number of nitrogens with zero attached hydrogens (tertiary/aromatic N) is 3. The summed E-state index contributed by atoms with van der Waals surface area (Å²) in [6, 6.07) is 10.3. The van der Waals surface area contributed by atoms with Crippen molar-refractivity contribution in [3.8, 4) is 5.69 Å². The summed E-state index contributed by atoms with van der Waals surface area (Å²) < 4.78 is 28.4. The molecule has 0 unspecified atom stereocenters. The van der Waals surface area contributed by atoms with Gasteiger partial charge in [0.2, 0.25) is 5.91 Å². The van der Waals surface area contributed by atoms with E-state index in [2.05, 4.69) is 4.98 Å². The Kier molecular flexibility index (Phi) is 4.33. The molecule has 2 aromatic heterocycles. The molecule has 8 heteroatoms. The predicted octanol–water partition coefficient (Wildman–Crippen LogP) is 3.00. The first-order valence-electron chi connectivity index (χ1n) is 8.88. The largest absolute Gasteiger partial charge is 0.366 e. The average Bonchev–Trinajstić information content (AvgIpc) is 3.10. The van der Waals surface area contributed by atoms with E-state index in [1.54, 1.807) is 30.3 Å². The van der Waals surface area contributed by atoms with E-state index < -0.39 is 11.8 Å². The number of fused-ring (bicyclic) bond motifs is 1. The van der Waals surface area contributed by atoms with Crippen molar-refractivity contribution >= 4 is 22.8 Å². The smallest absolute Gasteiger partial charge is 0.255 e. The third kappa shape index (κ3) is 3.33. The van der Waals surface area contributed by atoms with Gasteiger partial charge in [0.25, 0.3) is 11.8 Å². The maximum absolute atomic E-state index is 13.3. The molecule has 4 rings (SSSR count). The first-order valence-corrected chi connectivity index (χ1v) is 8.88. The topological polar surface area (TPSA) is 81.2 Å². The van der Waals surface area contributed by atoms with Crippen LogP contribution < -0.4 is 5.73 Å². The summed E-state index contributed by atoms with van der Waals surface area (Å²) in [5.74, 6) is -3.48. The van der Waals surface area contributed by atoms with E-state index in [0.717, 1.165) is 11.1 Å². The summed E-state index contributed by atoms with van der Waals surface area (Å²) in [6.45, 7) is 0.0776. The Bertz CT molecular complexity index is 1050. The molecule has 0 radical (unpaired) electrons. The number of carbonyl (C=O) groups excluding carboxylic acids is 2. The number of alkyl halides is 2. The van der Waals surface area contributed by atoms with Crippen molar-refractivity contribution in [2.24, 2.45) is 5.73 Å². The monoisotopic (exact) mass is 384 g/mol. The number of nitrogens with two attached hydrogens (primary N) is 1. The predicted molar refractivity (Wildman–Crippen MR) is 99.7 cm³/mol. The Morgan fingerprint density at radius 3 is 2.36 bits per heavy atom. The van der Waals surface area contributed by atoms with Crippen LogP contribution in [0.4, 0.5) is 8.78 Å². The van der Waals surface area contributed by atoms with Gasteiger partial charge in [-0.2, -0.15) is 0 Å². The van der Waals surface area contributed by atoms with Crippen LogP contribution in [-0.4, -0.2) is 45.3 Å². The van der Waals surface area contributed by atoms with Gasteiger partial charge in [0.1, 0.15) is 5.65 Å². The Morgan fingerprint density at radius 1 is 1.04 bits per heavy atom. The molecule has 2 N–H and O–H groups in total. The van der Waals surface area contributed by atoms with Crippen LogP contribution in [0.15, 0.2) is 48.8 Å². The highest BCUT2D eigenvalue weighted by Crippen LogP contribution is 2.28. The second kappa shape index (κ2) is 6.70. The number of amides is 2. The molecule has 3 heterocycles. The van der Waals surface area contributed by atoms with Crippen LogP contribution in [0.5, 0.6) is 0 Å². The van der Waals surface area contributed by atoms with Gasteiger partial charge in [0.05, 0.1) is 5.56 Å². The lowest BCUT2D eigenvalue weighted by Gasteiger charge is -2.31. The summed E-state index contributed by atoms with van der Waals surface area (Å²) in [5.41, 5.74) is 7.49. The molecule has 3 aromatic rings. The van der Waals surface area contributed by atoms with Gasteiger partial charge in [-0.05, 0) is 36.4 Å². The molecule has 1 aliphatic heterocycles. The van der Waals surface area contributed by atoms with Crippen LogP contribution in [-0.2, 0) is 0 Å². The summed E-state index contributed by atoms with van der Waals surface area (Å²) in [5, 5.41) is 0.757. The van der Waals surface area contributed by atoms with Gasteiger partial charge in [0.15, 0.2) is 0 Å². The van der Waals surface area contributed by atoms with Crippen LogP contribution in [0, 0.1) is 0 Å². The first-order chi connectivity index (χ1) is 13.3. The SMILES string of the molecule is NC(=O)c1ccc(-n2ccc3cc(C(=O)N4CCC(F)(F)CC4)cnc32)cc1. The molecule has 28 heavy (non-hydrogen) atoms. The molecule has 0 bridgehead atoms. The van der Waals surface area contributed by atoms with Crippen LogP contribution in [0.1, 0.15) is 33.6 Å². The van der Waals surface area contributed by atoms with Gasteiger partial charge in [-0.3, -0.25) is 9.59 Å². The van der Waals surface area contributed by atoms with E-state index in [0.29, 0.717) is 16.8 Å². The average molecular weight is 384 g/mol. The maximum Gasteiger partial charge on any atom is 0.255 e. The molecule has 1 saturated heterocycles. The van der Waals surface area contributed by atoms with E-state index in [1.165, 1.54) is 11.1 Å². The Morgan fingerprint density at radius 2 is 1.71 bits per heavy atom. The van der Waals surface area contributed by atoms with Crippen LogP contribution in [0.25, 0.3) is 16.7 Å². The van der Waals surface area contributed by atoms with E-state index in [9.17, 15) is 18.4 Å². The third-order valence-corrected chi connectivity index (χ3v) is 4.99. The Balaban J connectivity index is 1.59. The molecule has 0 atom stereocenters.